The minimum absolute atomic E-state index is 0.434. The summed E-state index contributed by atoms with van der Waals surface area (Å²) in [4.78, 5) is 7.18. The van der Waals surface area contributed by atoms with E-state index in [-0.39, 0.29) is 0 Å². The van der Waals surface area contributed by atoms with Gasteiger partial charge in [-0.25, -0.2) is 9.50 Å². The van der Waals surface area contributed by atoms with Crippen LogP contribution in [-0.4, -0.2) is 33.2 Å². The Bertz CT molecular complexity index is 1110. The summed E-state index contributed by atoms with van der Waals surface area (Å²) in [5.41, 5.74) is 5.57. The topological polar surface area (TPSA) is 42.7 Å². The summed E-state index contributed by atoms with van der Waals surface area (Å²) in [6, 6.07) is 19.1. The maximum absolute atomic E-state index is 5.37. The van der Waals surface area contributed by atoms with Crippen LogP contribution in [0.2, 0.25) is 0 Å². The van der Waals surface area contributed by atoms with Gasteiger partial charge >= 0.3 is 0 Å². The molecular formula is C23H22N4O. The van der Waals surface area contributed by atoms with E-state index in [2.05, 4.69) is 46.5 Å². The summed E-state index contributed by atoms with van der Waals surface area (Å²) < 4.78 is 7.26. The molecule has 3 heterocycles. The number of likely N-dealkylation sites (tertiary alicyclic amines) is 1. The van der Waals surface area contributed by atoms with Gasteiger partial charge in [-0.2, -0.15) is 5.10 Å². The highest BCUT2D eigenvalue weighted by molar-refractivity contribution is 5.76. The van der Waals surface area contributed by atoms with E-state index in [4.69, 9.17) is 9.72 Å². The normalized spacial score (nSPS) is 16.8. The van der Waals surface area contributed by atoms with Crippen LogP contribution in [0.15, 0.2) is 73.2 Å². The first-order valence-corrected chi connectivity index (χ1v) is 9.57. The number of aromatic nitrogens is 3. The number of methoxy groups -OCH3 is 1. The van der Waals surface area contributed by atoms with Gasteiger partial charge in [0.25, 0.3) is 0 Å². The first-order valence-electron chi connectivity index (χ1n) is 9.57. The third-order valence-electron chi connectivity index (χ3n) is 5.49. The second kappa shape index (κ2) is 7.09. The van der Waals surface area contributed by atoms with E-state index in [0.717, 1.165) is 35.6 Å². The van der Waals surface area contributed by atoms with Crippen LogP contribution in [-0.2, 0) is 6.54 Å². The van der Waals surface area contributed by atoms with Crippen molar-refractivity contribution in [2.75, 3.05) is 13.7 Å². The lowest BCUT2D eigenvalue weighted by molar-refractivity contribution is 0.0814. The van der Waals surface area contributed by atoms with E-state index < -0.39 is 0 Å². The van der Waals surface area contributed by atoms with Crippen molar-refractivity contribution in [1.82, 2.24) is 19.5 Å². The predicted molar refractivity (Wildman–Crippen MR) is 109 cm³/mol. The predicted octanol–water partition coefficient (Wildman–Crippen LogP) is 4.35. The molecule has 0 unspecified atom stereocenters. The second-order valence-electron chi connectivity index (χ2n) is 7.21. The van der Waals surface area contributed by atoms with Crippen molar-refractivity contribution in [3.63, 3.8) is 0 Å². The highest BCUT2D eigenvalue weighted by Crippen LogP contribution is 2.35. The highest BCUT2D eigenvalue weighted by atomic mass is 16.5. The lowest BCUT2D eigenvalue weighted by Crippen LogP contribution is -2.40. The molecular weight excluding hydrogens is 348 g/mol. The number of ether oxygens (including phenoxy) is 1. The van der Waals surface area contributed by atoms with Crippen LogP contribution >= 0.6 is 0 Å². The van der Waals surface area contributed by atoms with Crippen molar-refractivity contribution >= 4 is 5.65 Å². The number of nitrogens with zero attached hydrogens (tertiary/aromatic N) is 4. The molecule has 0 radical (unpaired) electrons. The van der Waals surface area contributed by atoms with Gasteiger partial charge in [-0.3, -0.25) is 4.90 Å². The fourth-order valence-electron chi connectivity index (χ4n) is 3.91. The Balaban J connectivity index is 1.37. The monoisotopic (exact) mass is 370 g/mol. The highest BCUT2D eigenvalue weighted by Gasteiger charge is 2.29. The fourth-order valence-corrected chi connectivity index (χ4v) is 3.91. The molecule has 1 atom stereocenters. The molecule has 0 spiro atoms. The number of fused-ring (bicyclic) bond motifs is 1. The molecule has 1 aliphatic heterocycles. The fraction of sp³-hybridized carbons (Fsp3) is 0.217. The molecule has 5 rings (SSSR count). The lowest BCUT2D eigenvalue weighted by Gasteiger charge is -2.41. The molecule has 1 saturated heterocycles. The number of hydrogen-bond acceptors (Lipinski definition) is 4. The van der Waals surface area contributed by atoms with Crippen LogP contribution in [0.4, 0.5) is 0 Å². The van der Waals surface area contributed by atoms with E-state index >= 15 is 0 Å². The molecule has 0 aliphatic carbocycles. The van der Waals surface area contributed by atoms with Crippen LogP contribution in [0.3, 0.4) is 0 Å². The largest absolute Gasteiger partial charge is 0.497 e. The molecule has 1 fully saturated rings. The van der Waals surface area contributed by atoms with Gasteiger partial charge in [0.05, 0.1) is 13.3 Å². The number of benzene rings is 2. The van der Waals surface area contributed by atoms with E-state index in [1.165, 1.54) is 17.5 Å². The van der Waals surface area contributed by atoms with Gasteiger partial charge in [-0.05, 0) is 29.7 Å². The van der Waals surface area contributed by atoms with Crippen molar-refractivity contribution in [2.45, 2.75) is 19.0 Å². The van der Waals surface area contributed by atoms with Crippen molar-refractivity contribution < 1.29 is 4.74 Å². The lowest BCUT2D eigenvalue weighted by atomic mass is 9.94. The van der Waals surface area contributed by atoms with Crippen molar-refractivity contribution in [3.05, 3.63) is 84.3 Å². The standard InChI is InChI=1S/C23H22N4O/c1-28-20-9-5-8-19(12-20)22-10-11-26(22)15-17-13-24-23-21(14-25-27(23)16-17)18-6-3-2-4-7-18/h2-9,12-14,16,22H,10-11,15H2,1H3/t22-/m0/s1. The van der Waals surface area contributed by atoms with Gasteiger partial charge in [0.15, 0.2) is 5.65 Å². The summed E-state index contributed by atoms with van der Waals surface area (Å²) in [5.74, 6) is 0.914. The minimum atomic E-state index is 0.434. The zero-order valence-electron chi connectivity index (χ0n) is 15.8. The Morgan fingerprint density at radius 1 is 1.07 bits per heavy atom. The molecule has 0 amide bonds. The van der Waals surface area contributed by atoms with Crippen LogP contribution in [0.1, 0.15) is 23.6 Å². The minimum Gasteiger partial charge on any atom is -0.497 e. The molecule has 28 heavy (non-hydrogen) atoms. The Kier molecular flexibility index (Phi) is 4.29. The van der Waals surface area contributed by atoms with Gasteiger partial charge in [0.1, 0.15) is 5.75 Å². The van der Waals surface area contributed by atoms with Gasteiger partial charge in [-0.1, -0.05) is 42.5 Å². The Labute approximate surface area is 164 Å². The average Bonchev–Trinajstić information content (AvgIpc) is 3.15. The molecule has 1 aliphatic rings. The average molecular weight is 370 g/mol. The first kappa shape index (κ1) is 17.0. The molecule has 4 aromatic rings. The molecule has 5 nitrogen and oxygen atoms in total. The molecule has 2 aromatic carbocycles. The molecule has 140 valence electrons. The van der Waals surface area contributed by atoms with E-state index in [1.807, 2.05) is 41.2 Å². The molecule has 0 bridgehead atoms. The SMILES string of the molecule is COc1cccc([C@@H]2CCN2Cc2cnc3c(-c4ccccc4)cnn3c2)c1. The molecule has 0 N–H and O–H groups in total. The summed E-state index contributed by atoms with van der Waals surface area (Å²) in [5, 5.41) is 4.53. The smallest absolute Gasteiger partial charge is 0.162 e. The van der Waals surface area contributed by atoms with Crippen LogP contribution in [0.25, 0.3) is 16.8 Å². The quantitative estimate of drug-likeness (QED) is 0.524. The maximum atomic E-state index is 5.37. The maximum Gasteiger partial charge on any atom is 0.162 e. The zero-order valence-corrected chi connectivity index (χ0v) is 15.8. The van der Waals surface area contributed by atoms with Crippen LogP contribution in [0, 0.1) is 0 Å². The van der Waals surface area contributed by atoms with Gasteiger partial charge < -0.3 is 4.74 Å². The van der Waals surface area contributed by atoms with Gasteiger partial charge in [-0.15, -0.1) is 0 Å². The summed E-state index contributed by atoms with van der Waals surface area (Å²) in [7, 11) is 1.71. The van der Waals surface area contributed by atoms with Crippen LogP contribution in [0.5, 0.6) is 5.75 Å². The van der Waals surface area contributed by atoms with E-state index in [9.17, 15) is 0 Å². The van der Waals surface area contributed by atoms with Gasteiger partial charge in [0.2, 0.25) is 0 Å². The van der Waals surface area contributed by atoms with Crippen molar-refractivity contribution in [3.8, 4) is 16.9 Å². The Morgan fingerprint density at radius 3 is 2.75 bits per heavy atom. The number of hydrogen-bond donors (Lipinski definition) is 0. The van der Waals surface area contributed by atoms with Crippen molar-refractivity contribution in [2.24, 2.45) is 0 Å². The Morgan fingerprint density at radius 2 is 1.96 bits per heavy atom. The summed E-state index contributed by atoms with van der Waals surface area (Å²) in [6.45, 7) is 1.96. The van der Waals surface area contributed by atoms with Crippen LogP contribution < -0.4 is 4.74 Å². The number of rotatable bonds is 5. The zero-order chi connectivity index (χ0) is 18.9. The second-order valence-corrected chi connectivity index (χ2v) is 7.21. The summed E-state index contributed by atoms with van der Waals surface area (Å²) in [6.07, 6.45) is 7.13. The third kappa shape index (κ3) is 3.04. The first-order chi connectivity index (χ1) is 13.8. The molecule has 5 heteroatoms. The van der Waals surface area contributed by atoms with E-state index in [1.54, 1.807) is 7.11 Å². The summed E-state index contributed by atoms with van der Waals surface area (Å²) >= 11 is 0. The molecule has 2 aromatic heterocycles. The van der Waals surface area contributed by atoms with E-state index in [0.29, 0.717) is 6.04 Å². The van der Waals surface area contributed by atoms with Crippen molar-refractivity contribution in [1.29, 1.82) is 0 Å². The molecule has 0 saturated carbocycles. The van der Waals surface area contributed by atoms with Gasteiger partial charge in [0, 0.05) is 42.7 Å². The third-order valence-corrected chi connectivity index (χ3v) is 5.49. The Hall–Kier alpha value is -3.18.